The van der Waals surface area contributed by atoms with Crippen molar-refractivity contribution in [1.82, 2.24) is 14.7 Å². The third kappa shape index (κ3) is 5.18. The Morgan fingerprint density at radius 1 is 1.47 bits per heavy atom. The van der Waals surface area contributed by atoms with E-state index in [0.29, 0.717) is 12.4 Å². The molecule has 0 spiro atoms. The van der Waals surface area contributed by atoms with Gasteiger partial charge in [-0.1, -0.05) is 6.92 Å². The van der Waals surface area contributed by atoms with Gasteiger partial charge in [0.1, 0.15) is 5.82 Å². The lowest BCUT2D eigenvalue weighted by atomic mass is 10.5. The van der Waals surface area contributed by atoms with Crippen LogP contribution in [0, 0.1) is 0 Å². The molecule has 0 saturated carbocycles. The predicted molar refractivity (Wildman–Crippen MR) is 69.3 cm³/mol. The van der Waals surface area contributed by atoms with E-state index in [-0.39, 0.29) is 18.1 Å². The molecular formula is C10H16N4O4S. The van der Waals surface area contributed by atoms with Crippen LogP contribution in [0.4, 0.5) is 5.82 Å². The molecule has 2 N–H and O–H groups in total. The second kappa shape index (κ2) is 7.00. The van der Waals surface area contributed by atoms with E-state index in [1.54, 1.807) is 6.92 Å². The smallest absolute Gasteiger partial charge is 0.376 e. The molecular weight excluding hydrogens is 272 g/mol. The maximum atomic E-state index is 11.4. The van der Waals surface area contributed by atoms with Crippen molar-refractivity contribution in [3.05, 3.63) is 18.1 Å². The van der Waals surface area contributed by atoms with E-state index in [4.69, 9.17) is 0 Å². The third-order valence-corrected chi connectivity index (χ3v) is 3.53. The highest BCUT2D eigenvalue weighted by molar-refractivity contribution is 7.89. The third-order valence-electron chi connectivity index (χ3n) is 2.06. The minimum atomic E-state index is -3.28. The summed E-state index contributed by atoms with van der Waals surface area (Å²) in [5.41, 5.74) is 0. The zero-order chi connectivity index (χ0) is 14.3. The van der Waals surface area contributed by atoms with E-state index >= 15 is 0 Å². The highest BCUT2D eigenvalue weighted by Crippen LogP contribution is 2.02. The first-order chi connectivity index (χ1) is 8.98. The van der Waals surface area contributed by atoms with Crippen LogP contribution in [-0.2, 0) is 14.8 Å². The fourth-order valence-electron chi connectivity index (χ4n) is 1.25. The van der Waals surface area contributed by atoms with E-state index in [2.05, 4.69) is 24.7 Å². The van der Waals surface area contributed by atoms with Gasteiger partial charge in [-0.15, -0.1) is 0 Å². The van der Waals surface area contributed by atoms with Crippen molar-refractivity contribution in [2.24, 2.45) is 0 Å². The number of anilines is 1. The lowest BCUT2D eigenvalue weighted by Gasteiger charge is -2.07. The molecule has 0 aliphatic heterocycles. The summed E-state index contributed by atoms with van der Waals surface area (Å²) < 4.78 is 29.6. The van der Waals surface area contributed by atoms with Gasteiger partial charge in [0.2, 0.25) is 15.8 Å². The second-order valence-electron chi connectivity index (χ2n) is 3.50. The first-order valence-electron chi connectivity index (χ1n) is 5.61. The molecule has 0 aliphatic carbocycles. The fourth-order valence-corrected chi connectivity index (χ4v) is 2.21. The van der Waals surface area contributed by atoms with Crippen molar-refractivity contribution in [3.63, 3.8) is 0 Å². The molecule has 1 rings (SSSR count). The number of nitrogens with one attached hydrogen (secondary N) is 2. The van der Waals surface area contributed by atoms with Gasteiger partial charge in [0.25, 0.3) is 0 Å². The summed E-state index contributed by atoms with van der Waals surface area (Å²) >= 11 is 0. The lowest BCUT2D eigenvalue weighted by Crippen LogP contribution is -2.29. The molecule has 1 aromatic rings. The Balaban J connectivity index is 2.57. The Labute approximate surface area is 111 Å². The van der Waals surface area contributed by atoms with Crippen molar-refractivity contribution in [2.75, 3.05) is 31.3 Å². The number of ether oxygens (including phenoxy) is 1. The van der Waals surface area contributed by atoms with E-state index in [9.17, 15) is 13.2 Å². The van der Waals surface area contributed by atoms with Gasteiger partial charge in [0, 0.05) is 19.3 Å². The Morgan fingerprint density at radius 3 is 2.84 bits per heavy atom. The topological polar surface area (TPSA) is 110 Å². The van der Waals surface area contributed by atoms with Gasteiger partial charge in [-0.05, 0) is 6.07 Å². The van der Waals surface area contributed by atoms with Crippen LogP contribution in [0.3, 0.4) is 0 Å². The summed E-state index contributed by atoms with van der Waals surface area (Å²) in [6, 6.07) is 1.53. The summed E-state index contributed by atoms with van der Waals surface area (Å²) in [5, 5.41) is 2.80. The molecule has 1 aromatic heterocycles. The van der Waals surface area contributed by atoms with Gasteiger partial charge in [-0.2, -0.15) is 0 Å². The molecule has 0 unspecified atom stereocenters. The Kier molecular flexibility index (Phi) is 5.64. The van der Waals surface area contributed by atoms with Crippen LogP contribution in [0.1, 0.15) is 17.5 Å². The Bertz CT molecular complexity index is 532. The van der Waals surface area contributed by atoms with E-state index in [0.717, 1.165) is 0 Å². The zero-order valence-corrected chi connectivity index (χ0v) is 11.5. The standard InChI is InChI=1S/C10H16N4O4S/c1-3-13-19(16,17)7-6-11-8-4-5-12-9(14-8)10(15)18-2/h4-5,13H,3,6-7H2,1-2H3,(H,11,12,14). The average Bonchev–Trinajstić information content (AvgIpc) is 2.38. The normalized spacial score (nSPS) is 11.1. The molecule has 9 heteroatoms. The number of nitrogens with zero attached hydrogens (tertiary/aromatic N) is 2. The molecule has 0 bridgehead atoms. The number of carbonyl (C=O) groups excluding carboxylic acids is 1. The van der Waals surface area contributed by atoms with Crippen molar-refractivity contribution >= 4 is 21.8 Å². The van der Waals surface area contributed by atoms with E-state index in [1.165, 1.54) is 19.4 Å². The van der Waals surface area contributed by atoms with Crippen LogP contribution in [0.15, 0.2) is 12.3 Å². The maximum absolute atomic E-state index is 11.4. The SMILES string of the molecule is CCNS(=O)(=O)CCNc1ccnc(C(=O)OC)n1. The molecule has 19 heavy (non-hydrogen) atoms. The first-order valence-corrected chi connectivity index (χ1v) is 7.26. The highest BCUT2D eigenvalue weighted by Gasteiger charge is 2.11. The van der Waals surface area contributed by atoms with Gasteiger partial charge in [0.05, 0.1) is 12.9 Å². The molecule has 0 atom stereocenters. The molecule has 0 amide bonds. The number of hydrogen-bond donors (Lipinski definition) is 2. The summed E-state index contributed by atoms with van der Waals surface area (Å²) in [6.45, 7) is 2.23. The molecule has 8 nitrogen and oxygen atoms in total. The monoisotopic (exact) mass is 288 g/mol. The van der Waals surface area contributed by atoms with Crippen molar-refractivity contribution in [1.29, 1.82) is 0 Å². The van der Waals surface area contributed by atoms with Gasteiger partial charge < -0.3 is 10.1 Å². The van der Waals surface area contributed by atoms with E-state index in [1.807, 2.05) is 0 Å². The molecule has 0 fully saturated rings. The molecule has 0 aliphatic rings. The van der Waals surface area contributed by atoms with E-state index < -0.39 is 16.0 Å². The second-order valence-corrected chi connectivity index (χ2v) is 5.43. The Hall–Kier alpha value is -1.74. The number of sulfonamides is 1. The van der Waals surface area contributed by atoms with Crippen LogP contribution in [-0.4, -0.2) is 50.3 Å². The van der Waals surface area contributed by atoms with Crippen molar-refractivity contribution < 1.29 is 17.9 Å². The zero-order valence-electron chi connectivity index (χ0n) is 10.7. The number of aromatic nitrogens is 2. The van der Waals surface area contributed by atoms with Crippen molar-refractivity contribution in [3.8, 4) is 0 Å². The summed E-state index contributed by atoms with van der Waals surface area (Å²) in [6.07, 6.45) is 1.39. The summed E-state index contributed by atoms with van der Waals surface area (Å²) in [5.74, 6) is -0.452. The maximum Gasteiger partial charge on any atom is 0.376 e. The van der Waals surface area contributed by atoms with Gasteiger partial charge >= 0.3 is 5.97 Å². The Morgan fingerprint density at radius 2 is 2.21 bits per heavy atom. The number of esters is 1. The van der Waals surface area contributed by atoms with Gasteiger partial charge in [-0.25, -0.2) is 27.9 Å². The van der Waals surface area contributed by atoms with Crippen LogP contribution < -0.4 is 10.0 Å². The molecule has 0 aromatic carbocycles. The first kappa shape index (κ1) is 15.3. The number of methoxy groups -OCH3 is 1. The minimum Gasteiger partial charge on any atom is -0.463 e. The van der Waals surface area contributed by atoms with Crippen molar-refractivity contribution in [2.45, 2.75) is 6.92 Å². The lowest BCUT2D eigenvalue weighted by molar-refractivity contribution is 0.0587. The highest BCUT2D eigenvalue weighted by atomic mass is 32.2. The summed E-state index contributed by atoms with van der Waals surface area (Å²) in [4.78, 5) is 18.8. The molecule has 106 valence electrons. The largest absolute Gasteiger partial charge is 0.463 e. The van der Waals surface area contributed by atoms with Crippen LogP contribution in [0.5, 0.6) is 0 Å². The fraction of sp³-hybridized carbons (Fsp3) is 0.500. The number of carbonyl (C=O) groups is 1. The minimum absolute atomic E-state index is 0.0814. The van der Waals surface area contributed by atoms with Gasteiger partial charge in [0.15, 0.2) is 0 Å². The van der Waals surface area contributed by atoms with Crippen LogP contribution in [0.25, 0.3) is 0 Å². The van der Waals surface area contributed by atoms with Crippen LogP contribution >= 0.6 is 0 Å². The number of hydrogen-bond acceptors (Lipinski definition) is 7. The van der Waals surface area contributed by atoms with Crippen LogP contribution in [0.2, 0.25) is 0 Å². The molecule has 0 saturated heterocycles. The number of rotatable bonds is 7. The van der Waals surface area contributed by atoms with Gasteiger partial charge in [-0.3, -0.25) is 0 Å². The summed E-state index contributed by atoms with van der Waals surface area (Å²) in [7, 11) is -2.05. The molecule has 1 heterocycles. The quantitative estimate of drug-likeness (QED) is 0.658. The molecule has 0 radical (unpaired) electrons. The predicted octanol–water partition coefficient (Wildman–Crippen LogP) is -0.386. The average molecular weight is 288 g/mol.